The van der Waals surface area contributed by atoms with Crippen LogP contribution in [0, 0.1) is 6.92 Å². The molecule has 10 nitrogen and oxygen atoms in total. The van der Waals surface area contributed by atoms with Crippen LogP contribution >= 0.6 is 39.1 Å². The molecule has 5 aromatic rings. The summed E-state index contributed by atoms with van der Waals surface area (Å²) in [6, 6.07) is 17.1. The lowest BCUT2D eigenvalue weighted by molar-refractivity contribution is -0.122. The Labute approximate surface area is 283 Å². The second-order valence-electron chi connectivity index (χ2n) is 10.0. The van der Waals surface area contributed by atoms with Crippen LogP contribution in [0.3, 0.4) is 0 Å². The van der Waals surface area contributed by atoms with E-state index in [1.165, 1.54) is 11.0 Å². The van der Waals surface area contributed by atoms with Crippen LogP contribution in [0.4, 0.5) is 11.4 Å². The second kappa shape index (κ2) is 14.6. The van der Waals surface area contributed by atoms with Crippen molar-refractivity contribution in [3.63, 3.8) is 0 Å². The number of likely N-dealkylation sites (N-methyl/N-ethyl adjacent to an activating group) is 1. The van der Waals surface area contributed by atoms with Gasteiger partial charge >= 0.3 is 0 Å². The van der Waals surface area contributed by atoms with Gasteiger partial charge in [-0.3, -0.25) is 23.8 Å². The molecule has 0 fully saturated rings. The number of fused-ring (bicyclic) bond motifs is 1. The summed E-state index contributed by atoms with van der Waals surface area (Å²) in [6.45, 7) is 1.66. The topological polar surface area (TPSA) is 118 Å². The number of pyridine rings is 2. The number of aryl methyl sites for hydroxylation is 1. The van der Waals surface area contributed by atoms with Gasteiger partial charge in [0.2, 0.25) is 11.8 Å². The highest BCUT2D eigenvalue weighted by atomic mass is 79.9. The number of rotatable bonds is 10. The fourth-order valence-corrected chi connectivity index (χ4v) is 5.38. The predicted molar refractivity (Wildman–Crippen MR) is 183 cm³/mol. The lowest BCUT2D eigenvalue weighted by atomic mass is 10.2. The van der Waals surface area contributed by atoms with Crippen molar-refractivity contribution in [2.75, 3.05) is 23.8 Å². The van der Waals surface area contributed by atoms with Crippen molar-refractivity contribution in [2.24, 2.45) is 0 Å². The van der Waals surface area contributed by atoms with Gasteiger partial charge in [0, 0.05) is 53.6 Å². The first-order valence-electron chi connectivity index (χ1n) is 13.9. The van der Waals surface area contributed by atoms with Crippen molar-refractivity contribution in [3.05, 3.63) is 122 Å². The van der Waals surface area contributed by atoms with Crippen LogP contribution in [0.15, 0.2) is 89.9 Å². The minimum absolute atomic E-state index is 0.0381. The standard InChI is InChI=1S/C33H27BrCl2N6O4/c1-20-31(34)42-17-3-4-27(32(42)39-20)46-19-24-25(35)10-11-26(30(24)36)41(2)29(44)18-38-28(43)12-7-21-5-8-23(9-6-21)40-33(45)22-13-15-37-16-14-22/h3-17H,18-19H2,1-2H3,(H,38,43)(H,40,45)/b12-7+. The monoisotopic (exact) mass is 720 g/mol. The maximum absolute atomic E-state index is 13.0. The molecule has 0 aliphatic rings. The Kier molecular flexibility index (Phi) is 10.4. The molecule has 2 aromatic carbocycles. The highest BCUT2D eigenvalue weighted by Crippen LogP contribution is 2.35. The average Bonchev–Trinajstić information content (AvgIpc) is 3.36. The molecule has 2 N–H and O–H groups in total. The van der Waals surface area contributed by atoms with Crippen molar-refractivity contribution >= 4 is 80.0 Å². The Morgan fingerprint density at radius 2 is 1.78 bits per heavy atom. The summed E-state index contributed by atoms with van der Waals surface area (Å²) in [4.78, 5) is 47.5. The van der Waals surface area contributed by atoms with E-state index in [2.05, 4.69) is 36.5 Å². The largest absolute Gasteiger partial charge is 0.485 e. The van der Waals surface area contributed by atoms with Crippen LogP contribution in [0.2, 0.25) is 10.0 Å². The Bertz CT molecular complexity index is 1950. The zero-order valence-corrected chi connectivity index (χ0v) is 27.7. The van der Waals surface area contributed by atoms with Crippen LogP contribution in [0.5, 0.6) is 5.75 Å². The third-order valence-corrected chi connectivity index (χ3v) is 8.67. The molecule has 0 bridgehead atoms. The van der Waals surface area contributed by atoms with Gasteiger partial charge in [-0.05, 0) is 83.0 Å². The normalized spacial score (nSPS) is 11.1. The minimum Gasteiger partial charge on any atom is -0.485 e. The summed E-state index contributed by atoms with van der Waals surface area (Å²) >= 11 is 16.7. The van der Waals surface area contributed by atoms with E-state index >= 15 is 0 Å². The summed E-state index contributed by atoms with van der Waals surface area (Å²) in [5, 5.41) is 6.02. The molecule has 0 aliphatic heterocycles. The summed E-state index contributed by atoms with van der Waals surface area (Å²) in [7, 11) is 1.56. The zero-order chi connectivity index (χ0) is 32.8. The molecule has 46 heavy (non-hydrogen) atoms. The van der Waals surface area contributed by atoms with Gasteiger partial charge in [0.1, 0.15) is 11.2 Å². The lowest BCUT2D eigenvalue weighted by Gasteiger charge is -2.21. The van der Waals surface area contributed by atoms with Gasteiger partial charge in [-0.15, -0.1) is 0 Å². The van der Waals surface area contributed by atoms with Gasteiger partial charge in [0.05, 0.1) is 22.9 Å². The fraction of sp³-hybridized carbons (Fsp3) is 0.121. The summed E-state index contributed by atoms with van der Waals surface area (Å²) in [5.41, 5.74) is 4.19. The van der Waals surface area contributed by atoms with Crippen molar-refractivity contribution in [1.29, 1.82) is 0 Å². The van der Waals surface area contributed by atoms with Gasteiger partial charge in [0.25, 0.3) is 5.91 Å². The molecule has 0 spiro atoms. The van der Waals surface area contributed by atoms with E-state index < -0.39 is 11.8 Å². The number of halogens is 3. The Morgan fingerprint density at radius 1 is 1.04 bits per heavy atom. The van der Waals surface area contributed by atoms with Crippen molar-refractivity contribution in [3.8, 4) is 5.75 Å². The van der Waals surface area contributed by atoms with Crippen LogP contribution < -0.4 is 20.3 Å². The SMILES string of the molecule is Cc1nc2c(OCc3c(Cl)ccc(N(C)C(=O)CNC(=O)/C=C/c4ccc(NC(=O)c5ccncc5)cc4)c3Cl)cccn2c1Br. The van der Waals surface area contributed by atoms with E-state index in [1.807, 2.05) is 23.6 Å². The van der Waals surface area contributed by atoms with E-state index in [0.29, 0.717) is 38.9 Å². The van der Waals surface area contributed by atoms with Crippen molar-refractivity contribution in [1.82, 2.24) is 19.7 Å². The van der Waals surface area contributed by atoms with Crippen molar-refractivity contribution in [2.45, 2.75) is 13.5 Å². The van der Waals surface area contributed by atoms with Gasteiger partial charge < -0.3 is 20.3 Å². The molecule has 234 valence electrons. The highest BCUT2D eigenvalue weighted by Gasteiger charge is 2.20. The molecule has 0 saturated heterocycles. The van der Waals surface area contributed by atoms with E-state index in [0.717, 1.165) is 15.9 Å². The molecular weight excluding hydrogens is 695 g/mol. The quantitative estimate of drug-likeness (QED) is 0.155. The fourth-order valence-electron chi connectivity index (χ4n) is 4.40. The van der Waals surface area contributed by atoms with E-state index in [1.54, 1.807) is 80.1 Å². The lowest BCUT2D eigenvalue weighted by Crippen LogP contribution is -2.37. The molecule has 3 aromatic heterocycles. The summed E-state index contributed by atoms with van der Waals surface area (Å²) in [5.74, 6) is -0.563. The number of ether oxygens (including phenoxy) is 1. The minimum atomic E-state index is -0.455. The molecule has 0 saturated carbocycles. The Balaban J connectivity index is 1.16. The number of anilines is 2. The molecule has 5 rings (SSSR count). The molecule has 0 atom stereocenters. The first-order valence-corrected chi connectivity index (χ1v) is 15.4. The maximum Gasteiger partial charge on any atom is 0.255 e. The number of carbonyl (C=O) groups excluding carboxylic acids is 3. The molecule has 0 aliphatic carbocycles. The number of hydrogen-bond donors (Lipinski definition) is 2. The zero-order valence-electron chi connectivity index (χ0n) is 24.6. The van der Waals surface area contributed by atoms with E-state index in [-0.39, 0.29) is 24.1 Å². The third kappa shape index (κ3) is 7.56. The maximum atomic E-state index is 13.0. The van der Waals surface area contributed by atoms with E-state index in [9.17, 15) is 14.4 Å². The average molecular weight is 722 g/mol. The molecule has 0 radical (unpaired) electrons. The first kappa shape index (κ1) is 32.7. The number of imidazole rings is 1. The Hall–Kier alpha value is -4.71. The van der Waals surface area contributed by atoms with Gasteiger partial charge in [0.15, 0.2) is 11.4 Å². The predicted octanol–water partition coefficient (Wildman–Crippen LogP) is 6.73. The molecule has 3 amide bonds. The number of benzene rings is 2. The van der Waals surface area contributed by atoms with Crippen molar-refractivity contribution < 1.29 is 19.1 Å². The number of nitrogens with one attached hydrogen (secondary N) is 2. The summed E-state index contributed by atoms with van der Waals surface area (Å²) in [6.07, 6.45) is 7.89. The number of carbonyl (C=O) groups is 3. The molecule has 3 heterocycles. The van der Waals surface area contributed by atoms with Gasteiger partial charge in [-0.1, -0.05) is 35.3 Å². The third-order valence-electron chi connectivity index (χ3n) is 6.94. The first-order chi connectivity index (χ1) is 22.1. The summed E-state index contributed by atoms with van der Waals surface area (Å²) < 4.78 is 8.74. The van der Waals surface area contributed by atoms with Crippen LogP contribution in [0.1, 0.15) is 27.2 Å². The Morgan fingerprint density at radius 3 is 2.52 bits per heavy atom. The highest BCUT2D eigenvalue weighted by molar-refractivity contribution is 9.10. The van der Waals surface area contributed by atoms with Crippen LogP contribution in [0.25, 0.3) is 11.7 Å². The second-order valence-corrected chi connectivity index (χ2v) is 11.6. The van der Waals surface area contributed by atoms with E-state index in [4.69, 9.17) is 27.9 Å². The number of aromatic nitrogens is 3. The molecular formula is C33H27BrCl2N6O4. The smallest absolute Gasteiger partial charge is 0.255 e. The number of hydrogen-bond acceptors (Lipinski definition) is 6. The van der Waals surface area contributed by atoms with Crippen LogP contribution in [-0.2, 0) is 16.2 Å². The van der Waals surface area contributed by atoms with Gasteiger partial charge in [-0.25, -0.2) is 4.98 Å². The van der Waals surface area contributed by atoms with Gasteiger partial charge in [-0.2, -0.15) is 0 Å². The molecule has 13 heteroatoms. The molecule has 0 unspecified atom stereocenters. The van der Waals surface area contributed by atoms with Crippen LogP contribution in [-0.4, -0.2) is 45.7 Å². The number of amides is 3. The number of nitrogens with zero attached hydrogens (tertiary/aromatic N) is 4.